The average molecular weight is 727 g/mol. The Bertz CT molecular complexity index is 2290. The van der Waals surface area contributed by atoms with Crippen molar-refractivity contribution in [2.24, 2.45) is 0 Å². The molecule has 0 fully saturated rings. The van der Waals surface area contributed by atoms with E-state index >= 15 is 0 Å². The van der Waals surface area contributed by atoms with Crippen LogP contribution in [0.25, 0.3) is 54.9 Å². The smallest absolute Gasteiger partial charge is 0.459 e. The molecule has 4 aromatic heterocycles. The summed E-state index contributed by atoms with van der Waals surface area (Å²) in [6.07, 6.45) is 1.73. The molecule has 4 heterocycles. The molecule has 0 unspecified atom stereocenters. The van der Waals surface area contributed by atoms with Crippen LogP contribution in [0.4, 0.5) is 0 Å². The van der Waals surface area contributed by atoms with Gasteiger partial charge in [0.25, 0.3) is 0 Å². The summed E-state index contributed by atoms with van der Waals surface area (Å²) >= 11 is 0. The summed E-state index contributed by atoms with van der Waals surface area (Å²) in [4.78, 5) is 5.03. The van der Waals surface area contributed by atoms with Crippen LogP contribution in [0, 0.1) is 12.1 Å². The predicted octanol–water partition coefficient (Wildman–Crippen LogP) is 8.22. The van der Waals surface area contributed by atoms with Crippen molar-refractivity contribution in [2.75, 3.05) is 0 Å². The van der Waals surface area contributed by atoms with E-state index in [2.05, 4.69) is 108 Å². The Balaban J connectivity index is 0.00000288. The fourth-order valence-corrected chi connectivity index (χ4v) is 5.71. The number of aromatic nitrogens is 5. The minimum Gasteiger partial charge on any atom is -0.459 e. The molecule has 42 heavy (non-hydrogen) atoms. The molecule has 0 amide bonds. The van der Waals surface area contributed by atoms with E-state index in [1.54, 1.807) is 6.33 Å². The van der Waals surface area contributed by atoms with Crippen molar-refractivity contribution in [1.29, 1.82) is 0 Å². The third kappa shape index (κ3) is 4.09. The first-order valence-electron chi connectivity index (χ1n) is 13.6. The van der Waals surface area contributed by atoms with Gasteiger partial charge in [-0.15, -0.1) is 17.2 Å². The van der Waals surface area contributed by atoms with E-state index in [1.165, 1.54) is 5.56 Å². The standard InChI is InChI=1S/C35H25N5O.Pt/c1-35(2,3)22-9-8-10-23(19-22)40-31-14-7-5-12-27(31)28-17-18-32(37-33(28)40)41-24-15-16-25-26-11-4-6-13-30(26)39-21-36-38-34(39)29(25)20-24;/h4-9,11-19,21H,1-3H3;/q-2;+2. The van der Waals surface area contributed by atoms with Gasteiger partial charge < -0.3 is 13.7 Å². The molecule has 8 rings (SSSR count). The fourth-order valence-electron chi connectivity index (χ4n) is 5.71. The van der Waals surface area contributed by atoms with Crippen LogP contribution in [0.2, 0.25) is 0 Å². The largest absolute Gasteiger partial charge is 2.00 e. The Kier molecular flexibility index (Phi) is 6.14. The second-order valence-corrected chi connectivity index (χ2v) is 11.3. The van der Waals surface area contributed by atoms with Gasteiger partial charge in [-0.25, -0.2) is 0 Å². The Morgan fingerprint density at radius 2 is 1.50 bits per heavy atom. The van der Waals surface area contributed by atoms with Crippen molar-refractivity contribution >= 4 is 49.3 Å². The number of nitrogens with zero attached hydrogens (tertiary/aromatic N) is 5. The summed E-state index contributed by atoms with van der Waals surface area (Å²) in [5.74, 6) is 1.05. The van der Waals surface area contributed by atoms with Gasteiger partial charge in [-0.2, -0.15) is 33.8 Å². The molecule has 6 nitrogen and oxygen atoms in total. The SMILES string of the molecule is CC(C)(C)c1cc[c-]c(-n2c3ccccc3c3ccc(Oc4[c-]c5c(cc4)c4ccccc4n4cnnc54)nc32)c1.[Pt+2]. The molecule has 8 aromatic rings. The number of pyridine rings is 2. The van der Waals surface area contributed by atoms with Crippen LogP contribution in [0.5, 0.6) is 11.6 Å². The van der Waals surface area contributed by atoms with Gasteiger partial charge in [0.05, 0.1) is 11.2 Å². The molecule has 0 N–H and O–H groups in total. The first kappa shape index (κ1) is 26.4. The van der Waals surface area contributed by atoms with E-state index in [9.17, 15) is 0 Å². The van der Waals surface area contributed by atoms with Gasteiger partial charge >= 0.3 is 21.1 Å². The summed E-state index contributed by atoms with van der Waals surface area (Å²) in [5, 5.41) is 13.7. The van der Waals surface area contributed by atoms with Crippen LogP contribution < -0.4 is 4.74 Å². The quantitative estimate of drug-likeness (QED) is 0.136. The molecule has 0 saturated carbocycles. The fraction of sp³-hybridized carbons (Fsp3) is 0.114. The Labute approximate surface area is 256 Å². The molecule has 0 saturated heterocycles. The zero-order chi connectivity index (χ0) is 27.7. The number of ether oxygens (including phenoxy) is 1. The third-order valence-electron chi connectivity index (χ3n) is 7.75. The van der Waals surface area contributed by atoms with E-state index in [4.69, 9.17) is 9.72 Å². The Hall–Kier alpha value is -4.54. The minimum atomic E-state index is 0. The summed E-state index contributed by atoms with van der Waals surface area (Å²) in [5.41, 5.74) is 5.88. The molecule has 4 aromatic carbocycles. The van der Waals surface area contributed by atoms with E-state index < -0.39 is 0 Å². The van der Waals surface area contributed by atoms with Gasteiger partial charge in [-0.05, 0) is 29.0 Å². The first-order chi connectivity index (χ1) is 20.0. The van der Waals surface area contributed by atoms with E-state index in [0.717, 1.165) is 54.9 Å². The van der Waals surface area contributed by atoms with Crippen LogP contribution in [0.15, 0.2) is 97.3 Å². The van der Waals surface area contributed by atoms with Crippen molar-refractivity contribution in [1.82, 2.24) is 24.1 Å². The topological polar surface area (TPSA) is 57.2 Å². The number of fused-ring (bicyclic) bond motifs is 9. The van der Waals surface area contributed by atoms with E-state index in [1.807, 2.05) is 34.7 Å². The van der Waals surface area contributed by atoms with Crippen molar-refractivity contribution in [3.05, 3.63) is 115 Å². The Morgan fingerprint density at radius 1 is 0.762 bits per heavy atom. The van der Waals surface area contributed by atoms with Gasteiger partial charge in [0.15, 0.2) is 0 Å². The molecule has 206 valence electrons. The molecular weight excluding hydrogens is 701 g/mol. The molecular formula is C35H25N5OPt. The summed E-state index contributed by atoms with van der Waals surface area (Å²) in [6.45, 7) is 6.66. The number of para-hydroxylation sites is 2. The molecule has 0 atom stereocenters. The van der Waals surface area contributed by atoms with Crippen molar-refractivity contribution in [3.63, 3.8) is 0 Å². The van der Waals surface area contributed by atoms with Crippen LogP contribution in [0.1, 0.15) is 26.3 Å². The monoisotopic (exact) mass is 726 g/mol. The van der Waals surface area contributed by atoms with Crippen LogP contribution in [-0.4, -0.2) is 24.1 Å². The molecule has 0 radical (unpaired) electrons. The summed E-state index contributed by atoms with van der Waals surface area (Å²) in [7, 11) is 0. The first-order valence-corrected chi connectivity index (χ1v) is 13.6. The van der Waals surface area contributed by atoms with Gasteiger partial charge in [-0.1, -0.05) is 85.8 Å². The van der Waals surface area contributed by atoms with Crippen LogP contribution in [-0.2, 0) is 26.5 Å². The molecule has 0 bridgehead atoms. The van der Waals surface area contributed by atoms with Crippen molar-refractivity contribution < 1.29 is 25.8 Å². The third-order valence-corrected chi connectivity index (χ3v) is 7.75. The zero-order valence-corrected chi connectivity index (χ0v) is 25.5. The number of benzene rings is 4. The zero-order valence-electron chi connectivity index (χ0n) is 23.2. The average Bonchev–Trinajstić information content (AvgIpc) is 3.60. The molecule has 0 spiro atoms. The van der Waals surface area contributed by atoms with Gasteiger partial charge in [0.1, 0.15) is 12.0 Å². The van der Waals surface area contributed by atoms with E-state index in [0.29, 0.717) is 11.6 Å². The number of rotatable bonds is 3. The Morgan fingerprint density at radius 3 is 2.31 bits per heavy atom. The predicted molar refractivity (Wildman–Crippen MR) is 163 cm³/mol. The summed E-state index contributed by atoms with van der Waals surface area (Å²) in [6, 6.07) is 37.8. The maximum absolute atomic E-state index is 6.35. The van der Waals surface area contributed by atoms with Gasteiger partial charge in [-0.3, -0.25) is 0 Å². The van der Waals surface area contributed by atoms with Crippen molar-refractivity contribution in [2.45, 2.75) is 26.2 Å². The number of hydrogen-bond acceptors (Lipinski definition) is 4. The summed E-state index contributed by atoms with van der Waals surface area (Å²) < 4.78 is 10.5. The van der Waals surface area contributed by atoms with Crippen molar-refractivity contribution in [3.8, 4) is 17.3 Å². The number of hydrogen-bond donors (Lipinski definition) is 0. The molecule has 7 heteroatoms. The molecule has 0 aliphatic heterocycles. The van der Waals surface area contributed by atoms with E-state index in [-0.39, 0.29) is 26.5 Å². The van der Waals surface area contributed by atoms with Gasteiger partial charge in [0.2, 0.25) is 5.88 Å². The van der Waals surface area contributed by atoms with Gasteiger partial charge in [0, 0.05) is 28.1 Å². The van der Waals surface area contributed by atoms with Crippen LogP contribution >= 0.6 is 0 Å². The maximum Gasteiger partial charge on any atom is 2.00 e. The molecule has 0 aliphatic carbocycles. The minimum absolute atomic E-state index is 0. The second-order valence-electron chi connectivity index (χ2n) is 11.3. The second kappa shape index (κ2) is 9.78. The van der Waals surface area contributed by atoms with Crippen LogP contribution in [0.3, 0.4) is 0 Å². The molecule has 0 aliphatic rings. The maximum atomic E-state index is 6.35. The normalized spacial score (nSPS) is 12.0.